The van der Waals surface area contributed by atoms with Crippen molar-refractivity contribution in [1.82, 2.24) is 0 Å². The topological polar surface area (TPSA) is 40.5 Å². The van der Waals surface area contributed by atoms with Crippen molar-refractivity contribution < 1.29 is 10.2 Å². The van der Waals surface area contributed by atoms with Crippen LogP contribution in [0.5, 0.6) is 11.5 Å². The summed E-state index contributed by atoms with van der Waals surface area (Å²) in [5.41, 5.74) is 0.841. The molecule has 2 N–H and O–H groups in total. The summed E-state index contributed by atoms with van der Waals surface area (Å²) >= 11 is 0. The predicted molar refractivity (Wildman–Crippen MR) is 53.0 cm³/mol. The van der Waals surface area contributed by atoms with E-state index in [2.05, 4.69) is 6.92 Å². The van der Waals surface area contributed by atoms with Gasteiger partial charge < -0.3 is 10.2 Å². The largest absolute Gasteiger partial charge is 0.508 e. The van der Waals surface area contributed by atoms with E-state index in [0.717, 1.165) is 24.8 Å². The third-order valence-electron chi connectivity index (χ3n) is 2.11. The van der Waals surface area contributed by atoms with Crippen molar-refractivity contribution >= 4 is 0 Å². The molecule has 1 aromatic carbocycles. The van der Waals surface area contributed by atoms with Gasteiger partial charge in [-0.3, -0.25) is 0 Å². The van der Waals surface area contributed by atoms with Gasteiger partial charge in [0.1, 0.15) is 11.5 Å². The van der Waals surface area contributed by atoms with E-state index >= 15 is 0 Å². The summed E-state index contributed by atoms with van der Waals surface area (Å²) in [4.78, 5) is 0. The van der Waals surface area contributed by atoms with Crippen molar-refractivity contribution in [2.75, 3.05) is 0 Å². The van der Waals surface area contributed by atoms with Gasteiger partial charge in [-0.25, -0.2) is 0 Å². The number of aryl methyl sites for hydroxylation is 1. The summed E-state index contributed by atoms with van der Waals surface area (Å²) in [5, 5.41) is 18.6. The van der Waals surface area contributed by atoms with Crippen molar-refractivity contribution in [3.05, 3.63) is 23.8 Å². The first-order valence-corrected chi connectivity index (χ1v) is 4.75. The van der Waals surface area contributed by atoms with Crippen LogP contribution in [0, 0.1) is 0 Å². The molecular weight excluding hydrogens is 164 g/mol. The number of benzene rings is 1. The van der Waals surface area contributed by atoms with Crippen LogP contribution in [0.25, 0.3) is 0 Å². The SMILES string of the molecule is CCCCCc1cc(O)ccc1O. The Kier molecular flexibility index (Phi) is 3.62. The highest BCUT2D eigenvalue weighted by molar-refractivity contribution is 5.38. The highest BCUT2D eigenvalue weighted by Crippen LogP contribution is 2.23. The second-order valence-corrected chi connectivity index (χ2v) is 3.27. The van der Waals surface area contributed by atoms with Gasteiger partial charge >= 0.3 is 0 Å². The maximum absolute atomic E-state index is 9.42. The van der Waals surface area contributed by atoms with Crippen LogP contribution in [-0.2, 0) is 6.42 Å². The van der Waals surface area contributed by atoms with Crippen LogP contribution in [0.3, 0.4) is 0 Å². The van der Waals surface area contributed by atoms with Crippen molar-refractivity contribution in [2.45, 2.75) is 32.6 Å². The minimum atomic E-state index is 0.226. The van der Waals surface area contributed by atoms with E-state index in [1.807, 2.05) is 0 Å². The van der Waals surface area contributed by atoms with Crippen LogP contribution in [0.15, 0.2) is 18.2 Å². The van der Waals surface area contributed by atoms with Crippen molar-refractivity contribution in [3.63, 3.8) is 0 Å². The molecular formula is C11H16O2. The summed E-state index contributed by atoms with van der Waals surface area (Å²) in [7, 11) is 0. The highest BCUT2D eigenvalue weighted by atomic mass is 16.3. The number of aromatic hydroxyl groups is 2. The first-order chi connectivity index (χ1) is 6.24. The molecule has 0 heterocycles. The number of unbranched alkanes of at least 4 members (excludes halogenated alkanes) is 2. The lowest BCUT2D eigenvalue weighted by Gasteiger charge is -2.04. The predicted octanol–water partition coefficient (Wildman–Crippen LogP) is 2.83. The van der Waals surface area contributed by atoms with Gasteiger partial charge in [0, 0.05) is 0 Å². The Balaban J connectivity index is 2.59. The van der Waals surface area contributed by atoms with Crippen molar-refractivity contribution in [2.24, 2.45) is 0 Å². The fourth-order valence-corrected chi connectivity index (χ4v) is 1.34. The van der Waals surface area contributed by atoms with Gasteiger partial charge in [-0.15, -0.1) is 0 Å². The van der Waals surface area contributed by atoms with Crippen LogP contribution < -0.4 is 0 Å². The lowest BCUT2D eigenvalue weighted by molar-refractivity contribution is 0.453. The molecule has 0 unspecified atom stereocenters. The average Bonchev–Trinajstić information content (AvgIpc) is 2.11. The summed E-state index contributed by atoms with van der Waals surface area (Å²) in [6.45, 7) is 2.14. The Bertz CT molecular complexity index is 269. The lowest BCUT2D eigenvalue weighted by Crippen LogP contribution is -1.86. The fourth-order valence-electron chi connectivity index (χ4n) is 1.34. The van der Waals surface area contributed by atoms with Gasteiger partial charge in [-0.2, -0.15) is 0 Å². The Labute approximate surface area is 78.8 Å². The monoisotopic (exact) mass is 180 g/mol. The molecule has 0 fully saturated rings. The maximum atomic E-state index is 9.42. The maximum Gasteiger partial charge on any atom is 0.119 e. The van der Waals surface area contributed by atoms with E-state index < -0.39 is 0 Å². The van der Waals surface area contributed by atoms with Crippen LogP contribution >= 0.6 is 0 Å². The third kappa shape index (κ3) is 2.98. The molecule has 1 rings (SSSR count). The Morgan fingerprint density at radius 3 is 2.62 bits per heavy atom. The zero-order valence-corrected chi connectivity index (χ0v) is 7.95. The number of rotatable bonds is 4. The van der Waals surface area contributed by atoms with E-state index in [1.54, 1.807) is 6.07 Å². The highest BCUT2D eigenvalue weighted by Gasteiger charge is 2.01. The molecule has 0 bridgehead atoms. The summed E-state index contributed by atoms with van der Waals surface area (Å²) < 4.78 is 0. The van der Waals surface area contributed by atoms with Gasteiger partial charge in [0.2, 0.25) is 0 Å². The molecule has 0 radical (unpaired) electrons. The van der Waals surface area contributed by atoms with E-state index in [1.165, 1.54) is 18.6 Å². The number of phenols is 2. The number of hydrogen-bond acceptors (Lipinski definition) is 2. The van der Waals surface area contributed by atoms with Gasteiger partial charge in [-0.1, -0.05) is 19.8 Å². The second-order valence-electron chi connectivity index (χ2n) is 3.27. The van der Waals surface area contributed by atoms with E-state index in [9.17, 15) is 10.2 Å². The molecule has 0 amide bonds. The minimum Gasteiger partial charge on any atom is -0.508 e. The van der Waals surface area contributed by atoms with E-state index in [-0.39, 0.29) is 11.5 Å². The number of hydrogen-bond donors (Lipinski definition) is 2. The minimum absolute atomic E-state index is 0.226. The van der Waals surface area contributed by atoms with Gasteiger partial charge in [-0.05, 0) is 36.6 Å². The van der Waals surface area contributed by atoms with Crippen LogP contribution in [-0.4, -0.2) is 10.2 Å². The first kappa shape index (κ1) is 9.90. The Hall–Kier alpha value is -1.18. The van der Waals surface area contributed by atoms with Crippen molar-refractivity contribution in [3.8, 4) is 11.5 Å². The normalized spacial score (nSPS) is 10.2. The van der Waals surface area contributed by atoms with E-state index in [4.69, 9.17) is 0 Å². The van der Waals surface area contributed by atoms with E-state index in [0.29, 0.717) is 0 Å². The smallest absolute Gasteiger partial charge is 0.119 e. The summed E-state index contributed by atoms with van der Waals surface area (Å²) in [6.07, 6.45) is 4.23. The zero-order valence-electron chi connectivity index (χ0n) is 7.95. The molecule has 0 atom stereocenters. The van der Waals surface area contributed by atoms with Gasteiger partial charge in [0.15, 0.2) is 0 Å². The Morgan fingerprint density at radius 2 is 1.92 bits per heavy atom. The molecule has 2 nitrogen and oxygen atoms in total. The standard InChI is InChI=1S/C11H16O2/c1-2-3-4-5-9-8-10(12)6-7-11(9)13/h6-8,12-13H,2-5H2,1H3. The molecule has 72 valence electrons. The summed E-state index contributed by atoms with van der Waals surface area (Å²) in [5.74, 6) is 0.512. The molecule has 0 aromatic heterocycles. The quantitative estimate of drug-likeness (QED) is 0.552. The van der Waals surface area contributed by atoms with Crippen LogP contribution in [0.2, 0.25) is 0 Å². The first-order valence-electron chi connectivity index (χ1n) is 4.75. The second kappa shape index (κ2) is 4.75. The molecule has 2 heteroatoms. The third-order valence-corrected chi connectivity index (χ3v) is 2.11. The molecule has 0 saturated carbocycles. The zero-order chi connectivity index (χ0) is 9.68. The average molecular weight is 180 g/mol. The molecule has 13 heavy (non-hydrogen) atoms. The van der Waals surface area contributed by atoms with Gasteiger partial charge in [0.25, 0.3) is 0 Å². The fraction of sp³-hybridized carbons (Fsp3) is 0.455. The van der Waals surface area contributed by atoms with Crippen molar-refractivity contribution in [1.29, 1.82) is 0 Å². The molecule has 0 spiro atoms. The van der Waals surface area contributed by atoms with Crippen LogP contribution in [0.1, 0.15) is 31.7 Å². The Morgan fingerprint density at radius 1 is 1.15 bits per heavy atom. The lowest BCUT2D eigenvalue weighted by atomic mass is 10.1. The molecule has 0 aliphatic heterocycles. The summed E-state index contributed by atoms with van der Waals surface area (Å²) in [6, 6.07) is 4.67. The number of phenolic OH excluding ortho intramolecular Hbond substituents is 2. The van der Waals surface area contributed by atoms with Gasteiger partial charge in [0.05, 0.1) is 0 Å². The molecule has 0 saturated heterocycles. The molecule has 1 aromatic rings. The molecule has 0 aliphatic carbocycles. The molecule has 0 aliphatic rings. The van der Waals surface area contributed by atoms with Crippen LogP contribution in [0.4, 0.5) is 0 Å².